The number of carbonyl (C=O) groups excluding carboxylic acids is 1. The molecule has 112 valence electrons. The minimum absolute atomic E-state index is 0.195. The zero-order chi connectivity index (χ0) is 15.4. The molecular weight excluding hydrogens is 291 g/mol. The van der Waals surface area contributed by atoms with Crippen LogP contribution in [0, 0.1) is 12.7 Å². The molecule has 2 aromatic rings. The van der Waals surface area contributed by atoms with Crippen LogP contribution in [0.15, 0.2) is 29.7 Å². The topological polar surface area (TPSA) is 59.8 Å². The minimum atomic E-state index is -0.333. The van der Waals surface area contributed by atoms with Gasteiger partial charge < -0.3 is 9.88 Å². The van der Waals surface area contributed by atoms with E-state index in [9.17, 15) is 9.18 Å². The molecule has 1 heterocycles. The van der Waals surface area contributed by atoms with Gasteiger partial charge in [0.15, 0.2) is 5.16 Å². The van der Waals surface area contributed by atoms with E-state index in [1.54, 1.807) is 25.4 Å². The van der Waals surface area contributed by atoms with Crippen molar-refractivity contribution in [2.45, 2.75) is 32.0 Å². The van der Waals surface area contributed by atoms with Gasteiger partial charge in [0.05, 0.1) is 5.75 Å². The van der Waals surface area contributed by atoms with Crippen molar-refractivity contribution in [2.75, 3.05) is 11.1 Å². The normalized spacial score (nSPS) is 10.9. The number of hydrogen-bond acceptors (Lipinski definition) is 4. The van der Waals surface area contributed by atoms with Crippen LogP contribution in [0.25, 0.3) is 0 Å². The summed E-state index contributed by atoms with van der Waals surface area (Å²) >= 11 is 1.30. The van der Waals surface area contributed by atoms with Crippen LogP contribution in [0.2, 0.25) is 0 Å². The van der Waals surface area contributed by atoms with Crippen LogP contribution in [0.5, 0.6) is 0 Å². The van der Waals surface area contributed by atoms with E-state index in [1.165, 1.54) is 17.8 Å². The number of benzene rings is 1. The Kier molecular flexibility index (Phi) is 4.95. The van der Waals surface area contributed by atoms with Crippen LogP contribution >= 0.6 is 11.8 Å². The van der Waals surface area contributed by atoms with Gasteiger partial charge in [-0.05, 0) is 38.5 Å². The number of anilines is 1. The second kappa shape index (κ2) is 6.71. The lowest BCUT2D eigenvalue weighted by atomic mass is 10.2. The summed E-state index contributed by atoms with van der Waals surface area (Å²) in [7, 11) is 0. The van der Waals surface area contributed by atoms with Crippen molar-refractivity contribution >= 4 is 23.4 Å². The van der Waals surface area contributed by atoms with E-state index < -0.39 is 0 Å². The van der Waals surface area contributed by atoms with Gasteiger partial charge in [0, 0.05) is 11.7 Å². The van der Waals surface area contributed by atoms with Crippen LogP contribution in [0.1, 0.15) is 25.5 Å². The van der Waals surface area contributed by atoms with Crippen molar-refractivity contribution in [3.63, 3.8) is 0 Å². The highest BCUT2D eigenvalue weighted by molar-refractivity contribution is 7.99. The van der Waals surface area contributed by atoms with Gasteiger partial charge in [-0.2, -0.15) is 0 Å². The molecule has 2 rings (SSSR count). The van der Waals surface area contributed by atoms with Crippen LogP contribution in [0.3, 0.4) is 0 Å². The van der Waals surface area contributed by atoms with E-state index >= 15 is 0 Å². The second-order valence-corrected chi connectivity index (χ2v) is 5.86. The zero-order valence-electron chi connectivity index (χ0n) is 12.1. The molecule has 1 amide bonds. The van der Waals surface area contributed by atoms with Gasteiger partial charge in [-0.15, -0.1) is 10.2 Å². The number of nitrogens with one attached hydrogen (secondary N) is 1. The molecule has 21 heavy (non-hydrogen) atoms. The first-order valence-electron chi connectivity index (χ1n) is 6.55. The lowest BCUT2D eigenvalue weighted by molar-refractivity contribution is -0.113. The number of rotatable bonds is 5. The van der Waals surface area contributed by atoms with Gasteiger partial charge in [-0.25, -0.2) is 4.39 Å². The highest BCUT2D eigenvalue weighted by atomic mass is 32.2. The molecule has 0 fully saturated rings. The average molecular weight is 308 g/mol. The van der Waals surface area contributed by atoms with Crippen molar-refractivity contribution in [2.24, 2.45) is 0 Å². The SMILES string of the molecule is Cc1ccc(NC(=O)CSc2nncn2C(C)C)cc1F. The van der Waals surface area contributed by atoms with Crippen molar-refractivity contribution in [3.8, 4) is 0 Å². The molecule has 0 bridgehead atoms. The molecule has 1 N–H and O–H groups in total. The molecule has 0 aliphatic heterocycles. The van der Waals surface area contributed by atoms with E-state index in [2.05, 4.69) is 15.5 Å². The molecule has 0 atom stereocenters. The van der Waals surface area contributed by atoms with E-state index in [4.69, 9.17) is 0 Å². The molecule has 0 aliphatic rings. The first-order valence-corrected chi connectivity index (χ1v) is 7.54. The number of halogens is 1. The highest BCUT2D eigenvalue weighted by Gasteiger charge is 2.11. The van der Waals surface area contributed by atoms with Gasteiger partial charge in [-0.3, -0.25) is 4.79 Å². The summed E-state index contributed by atoms with van der Waals surface area (Å²) < 4.78 is 15.3. The Morgan fingerprint density at radius 3 is 2.90 bits per heavy atom. The molecule has 0 spiro atoms. The van der Waals surface area contributed by atoms with Crippen LogP contribution in [-0.4, -0.2) is 26.4 Å². The van der Waals surface area contributed by atoms with E-state index in [0.717, 1.165) is 0 Å². The summed E-state index contributed by atoms with van der Waals surface area (Å²) in [5.41, 5.74) is 1.00. The number of amides is 1. The number of carbonyl (C=O) groups is 1. The van der Waals surface area contributed by atoms with Crippen molar-refractivity contribution < 1.29 is 9.18 Å². The summed E-state index contributed by atoms with van der Waals surface area (Å²) in [5, 5.41) is 11.2. The molecule has 0 radical (unpaired) electrons. The van der Waals surface area contributed by atoms with Gasteiger partial charge in [0.25, 0.3) is 0 Å². The molecular formula is C14H17FN4OS. The average Bonchev–Trinajstić information content (AvgIpc) is 2.89. The Morgan fingerprint density at radius 2 is 2.24 bits per heavy atom. The van der Waals surface area contributed by atoms with Crippen molar-refractivity contribution in [1.29, 1.82) is 0 Å². The maximum Gasteiger partial charge on any atom is 0.234 e. The lowest BCUT2D eigenvalue weighted by Crippen LogP contribution is -2.15. The molecule has 7 heteroatoms. The molecule has 1 aromatic heterocycles. The third-order valence-electron chi connectivity index (χ3n) is 2.88. The first-order chi connectivity index (χ1) is 9.97. The predicted octanol–water partition coefficient (Wildman–Crippen LogP) is 3.04. The Hall–Kier alpha value is -1.89. The van der Waals surface area contributed by atoms with Gasteiger partial charge in [0.1, 0.15) is 12.1 Å². The number of thioether (sulfide) groups is 1. The standard InChI is InChI=1S/C14H17FN4OS/c1-9(2)19-8-16-18-14(19)21-7-13(20)17-11-5-4-10(3)12(15)6-11/h4-6,8-9H,7H2,1-3H3,(H,17,20). The lowest BCUT2D eigenvalue weighted by Gasteiger charge is -2.09. The Morgan fingerprint density at radius 1 is 1.48 bits per heavy atom. The van der Waals surface area contributed by atoms with Gasteiger partial charge in [-0.1, -0.05) is 17.8 Å². The largest absolute Gasteiger partial charge is 0.325 e. The Bertz CT molecular complexity index is 642. The fourth-order valence-corrected chi connectivity index (χ4v) is 2.53. The van der Waals surface area contributed by atoms with Crippen LogP contribution < -0.4 is 5.32 Å². The quantitative estimate of drug-likeness (QED) is 0.863. The maximum atomic E-state index is 13.4. The van der Waals surface area contributed by atoms with E-state index in [1.807, 2.05) is 18.4 Å². The predicted molar refractivity (Wildman–Crippen MR) is 80.9 cm³/mol. The molecule has 0 unspecified atom stereocenters. The monoisotopic (exact) mass is 308 g/mol. The third-order valence-corrected chi connectivity index (χ3v) is 3.84. The maximum absolute atomic E-state index is 13.4. The van der Waals surface area contributed by atoms with Crippen molar-refractivity contribution in [3.05, 3.63) is 35.9 Å². The first kappa shape index (κ1) is 15.5. The Labute approximate surface area is 127 Å². The number of aromatic nitrogens is 3. The highest BCUT2D eigenvalue weighted by Crippen LogP contribution is 2.19. The van der Waals surface area contributed by atoms with E-state index in [0.29, 0.717) is 16.4 Å². The second-order valence-electron chi connectivity index (χ2n) is 4.92. The summed E-state index contributed by atoms with van der Waals surface area (Å²) in [6.07, 6.45) is 1.64. The summed E-state index contributed by atoms with van der Waals surface area (Å²) in [6.45, 7) is 5.71. The van der Waals surface area contributed by atoms with Gasteiger partial charge in [0.2, 0.25) is 5.91 Å². The van der Waals surface area contributed by atoms with Crippen LogP contribution in [-0.2, 0) is 4.79 Å². The number of aryl methyl sites for hydroxylation is 1. The van der Waals surface area contributed by atoms with E-state index in [-0.39, 0.29) is 23.5 Å². The Balaban J connectivity index is 1.93. The van der Waals surface area contributed by atoms with Crippen molar-refractivity contribution in [1.82, 2.24) is 14.8 Å². The fraction of sp³-hybridized carbons (Fsp3) is 0.357. The fourth-order valence-electron chi connectivity index (χ4n) is 1.69. The number of nitrogens with zero attached hydrogens (tertiary/aromatic N) is 3. The molecule has 5 nitrogen and oxygen atoms in total. The smallest absolute Gasteiger partial charge is 0.234 e. The summed E-state index contributed by atoms with van der Waals surface area (Å²) in [4.78, 5) is 11.9. The minimum Gasteiger partial charge on any atom is -0.325 e. The summed E-state index contributed by atoms with van der Waals surface area (Å²) in [6, 6.07) is 4.86. The van der Waals surface area contributed by atoms with Crippen LogP contribution in [0.4, 0.5) is 10.1 Å². The third kappa shape index (κ3) is 4.04. The zero-order valence-corrected chi connectivity index (χ0v) is 12.9. The summed E-state index contributed by atoms with van der Waals surface area (Å²) in [5.74, 6) is -0.345. The van der Waals surface area contributed by atoms with Gasteiger partial charge >= 0.3 is 0 Å². The number of hydrogen-bond donors (Lipinski definition) is 1. The molecule has 0 saturated carbocycles. The molecule has 0 aliphatic carbocycles. The molecule has 1 aromatic carbocycles. The molecule has 0 saturated heterocycles.